The minimum atomic E-state index is -1.79. The number of rotatable bonds is 10. The SMILES string of the molecule is NC1[C@@H](O)[C@@H](O[C@H]2[C@H](NC(=O)C3(O)CC3N)C[C@H](N)C([C@H]3O[C@H](CNCCO)[C@@H](O)C[C@H]3N)[C@@H]2O)O[C@H](CO)[C@H]1O. The summed E-state index contributed by atoms with van der Waals surface area (Å²) in [5, 5.41) is 77.9. The number of ether oxygens (including phenoxy) is 3. The first-order chi connectivity index (χ1) is 19.3. The molecule has 4 rings (SSSR count). The van der Waals surface area contributed by atoms with Crippen molar-refractivity contribution >= 4 is 5.91 Å². The van der Waals surface area contributed by atoms with Gasteiger partial charge in [-0.3, -0.25) is 4.79 Å². The molecule has 0 aromatic heterocycles. The van der Waals surface area contributed by atoms with Crippen LogP contribution in [-0.4, -0.2) is 159 Å². The number of hydrogen-bond acceptors (Lipinski definition) is 16. The Balaban J connectivity index is 1.58. The Morgan fingerprint density at radius 2 is 1.63 bits per heavy atom. The highest BCUT2D eigenvalue weighted by Crippen LogP contribution is 2.38. The predicted molar refractivity (Wildman–Crippen MR) is 139 cm³/mol. The maximum absolute atomic E-state index is 12.9. The number of hydrogen-bond donors (Lipinski definition) is 13. The molecule has 0 bridgehead atoms. The van der Waals surface area contributed by atoms with Gasteiger partial charge >= 0.3 is 0 Å². The Morgan fingerprint density at radius 1 is 0.951 bits per heavy atom. The van der Waals surface area contributed by atoms with Crippen LogP contribution in [0.25, 0.3) is 0 Å². The lowest BCUT2D eigenvalue weighted by atomic mass is 9.72. The molecule has 238 valence electrons. The summed E-state index contributed by atoms with van der Waals surface area (Å²) >= 11 is 0. The molecule has 0 spiro atoms. The molecule has 41 heavy (non-hydrogen) atoms. The van der Waals surface area contributed by atoms with Crippen molar-refractivity contribution in [3.8, 4) is 0 Å². The van der Waals surface area contributed by atoms with E-state index in [2.05, 4.69) is 10.6 Å². The highest BCUT2D eigenvalue weighted by molar-refractivity contribution is 5.89. The number of carbonyl (C=O) groups is 1. The molecule has 0 aromatic carbocycles. The third-order valence-corrected chi connectivity index (χ3v) is 8.78. The van der Waals surface area contributed by atoms with Crippen LogP contribution in [0.4, 0.5) is 0 Å². The number of aliphatic hydroxyl groups excluding tert-OH is 6. The number of aliphatic hydroxyl groups is 7. The molecular weight excluding hydrogens is 548 g/mol. The highest BCUT2D eigenvalue weighted by Gasteiger charge is 2.59. The number of amides is 1. The van der Waals surface area contributed by atoms with Gasteiger partial charge in [0.15, 0.2) is 11.9 Å². The molecule has 1 amide bonds. The predicted octanol–water partition coefficient (Wildman–Crippen LogP) is -7.78. The van der Waals surface area contributed by atoms with Crippen molar-refractivity contribution in [2.75, 3.05) is 26.3 Å². The van der Waals surface area contributed by atoms with Gasteiger partial charge in [0.25, 0.3) is 5.91 Å². The van der Waals surface area contributed by atoms with Gasteiger partial charge in [-0.05, 0) is 12.8 Å². The van der Waals surface area contributed by atoms with Crippen molar-refractivity contribution in [1.29, 1.82) is 0 Å². The maximum Gasteiger partial charge on any atom is 0.253 e. The molecule has 17 nitrogen and oxygen atoms in total. The standard InChI is InChI=1S/C24H46N6O11/c25-8-3-10(30-23(37)24(38)5-14(24)27)21(41-22-19(36)16(28)17(34)13(7-32)40-22)18(35)15(8)20-9(26)4-11(33)12(39-20)6-29-1-2-31/h8-22,29,31-36,38H,1-7,25-28H2,(H,30,37)/t8-,9+,10+,11-,12+,13+,14?,15?,16?,17+,18-,19+,20-,21-,22+,24?/m0/s1. The van der Waals surface area contributed by atoms with Crippen LogP contribution in [-0.2, 0) is 19.0 Å². The van der Waals surface area contributed by atoms with Gasteiger partial charge in [0.2, 0.25) is 0 Å². The van der Waals surface area contributed by atoms with Gasteiger partial charge in [-0.2, -0.15) is 0 Å². The first kappa shape index (κ1) is 32.8. The second-order valence-corrected chi connectivity index (χ2v) is 11.7. The Bertz CT molecular complexity index is 893. The molecule has 2 saturated carbocycles. The molecule has 2 saturated heterocycles. The van der Waals surface area contributed by atoms with E-state index in [1.807, 2.05) is 0 Å². The van der Waals surface area contributed by atoms with E-state index < -0.39 is 109 Å². The lowest BCUT2D eigenvalue weighted by Gasteiger charge is -2.51. The monoisotopic (exact) mass is 594 g/mol. The van der Waals surface area contributed by atoms with E-state index in [4.69, 9.17) is 42.3 Å². The van der Waals surface area contributed by atoms with Crippen LogP contribution < -0.4 is 33.6 Å². The zero-order valence-corrected chi connectivity index (χ0v) is 22.7. The van der Waals surface area contributed by atoms with Crippen LogP contribution in [0.1, 0.15) is 19.3 Å². The van der Waals surface area contributed by atoms with Crippen LogP contribution in [0, 0.1) is 5.92 Å². The molecule has 17 heteroatoms. The average Bonchev–Trinajstić information content (AvgIpc) is 3.55. The van der Waals surface area contributed by atoms with Crippen LogP contribution in [0.3, 0.4) is 0 Å². The molecule has 16 atom stereocenters. The van der Waals surface area contributed by atoms with E-state index >= 15 is 0 Å². The van der Waals surface area contributed by atoms with Crippen LogP contribution in [0.5, 0.6) is 0 Å². The summed E-state index contributed by atoms with van der Waals surface area (Å²) in [5.41, 5.74) is 22.7. The first-order valence-corrected chi connectivity index (χ1v) is 14.0. The largest absolute Gasteiger partial charge is 0.395 e. The van der Waals surface area contributed by atoms with Crippen molar-refractivity contribution in [2.45, 2.75) is 110 Å². The normalized spacial score (nSPS) is 50.4. The summed E-state index contributed by atoms with van der Waals surface area (Å²) < 4.78 is 17.7. The van der Waals surface area contributed by atoms with Crippen molar-refractivity contribution in [3.05, 3.63) is 0 Å². The summed E-state index contributed by atoms with van der Waals surface area (Å²) in [6.07, 6.45) is -10.8. The van der Waals surface area contributed by atoms with Gasteiger partial charge in [0.05, 0.1) is 49.7 Å². The third kappa shape index (κ3) is 6.69. The minimum Gasteiger partial charge on any atom is -0.395 e. The molecule has 2 heterocycles. The summed E-state index contributed by atoms with van der Waals surface area (Å²) in [4.78, 5) is 12.9. The second kappa shape index (κ2) is 13.2. The van der Waals surface area contributed by atoms with E-state index in [0.717, 1.165) is 0 Å². The first-order valence-electron chi connectivity index (χ1n) is 14.0. The Kier molecular flexibility index (Phi) is 10.6. The quantitative estimate of drug-likeness (QED) is 0.104. The highest BCUT2D eigenvalue weighted by atomic mass is 16.7. The third-order valence-electron chi connectivity index (χ3n) is 8.78. The van der Waals surface area contributed by atoms with Crippen molar-refractivity contribution in [1.82, 2.24) is 10.6 Å². The fourth-order valence-electron chi connectivity index (χ4n) is 6.10. The molecule has 0 aromatic rings. The smallest absolute Gasteiger partial charge is 0.253 e. The van der Waals surface area contributed by atoms with Crippen LogP contribution in [0.15, 0.2) is 0 Å². The fourth-order valence-corrected chi connectivity index (χ4v) is 6.10. The van der Waals surface area contributed by atoms with E-state index in [1.54, 1.807) is 0 Å². The van der Waals surface area contributed by atoms with E-state index in [0.29, 0.717) is 0 Å². The average molecular weight is 595 g/mol. The molecule has 17 N–H and O–H groups in total. The Morgan fingerprint density at radius 3 is 2.24 bits per heavy atom. The lowest BCUT2D eigenvalue weighted by Crippen LogP contribution is -2.70. The number of nitrogens with one attached hydrogen (secondary N) is 2. The van der Waals surface area contributed by atoms with Gasteiger partial charge < -0.3 is 83.5 Å². The molecule has 4 aliphatic rings. The zero-order chi connectivity index (χ0) is 30.2. The summed E-state index contributed by atoms with van der Waals surface area (Å²) in [5.74, 6) is -1.66. The fraction of sp³-hybridized carbons (Fsp3) is 0.958. The summed E-state index contributed by atoms with van der Waals surface area (Å²) in [6, 6.07) is -4.56. The number of nitrogens with two attached hydrogens (primary N) is 4. The van der Waals surface area contributed by atoms with Crippen molar-refractivity contribution in [3.63, 3.8) is 0 Å². The van der Waals surface area contributed by atoms with Gasteiger partial charge in [0.1, 0.15) is 24.4 Å². The van der Waals surface area contributed by atoms with Gasteiger partial charge in [-0.25, -0.2) is 0 Å². The van der Waals surface area contributed by atoms with E-state index in [9.17, 15) is 35.4 Å². The zero-order valence-electron chi connectivity index (χ0n) is 22.7. The summed E-state index contributed by atoms with van der Waals surface area (Å²) in [6.45, 7) is -0.272. The topological polar surface area (TPSA) is 315 Å². The molecule has 2 aliphatic heterocycles. The van der Waals surface area contributed by atoms with Gasteiger partial charge in [0, 0.05) is 43.6 Å². The Hall–Kier alpha value is -1.13. The van der Waals surface area contributed by atoms with Crippen LogP contribution in [0.2, 0.25) is 0 Å². The van der Waals surface area contributed by atoms with Crippen LogP contribution >= 0.6 is 0 Å². The maximum atomic E-state index is 12.9. The Labute approximate surface area is 237 Å². The number of carbonyl (C=O) groups excluding carboxylic acids is 1. The van der Waals surface area contributed by atoms with Crippen molar-refractivity contribution in [2.24, 2.45) is 28.9 Å². The molecule has 4 unspecified atom stereocenters. The molecular formula is C24H46N6O11. The second-order valence-electron chi connectivity index (χ2n) is 11.7. The molecule has 0 radical (unpaired) electrons. The molecule has 2 aliphatic carbocycles. The van der Waals surface area contributed by atoms with Gasteiger partial charge in [-0.15, -0.1) is 0 Å². The van der Waals surface area contributed by atoms with Gasteiger partial charge in [-0.1, -0.05) is 0 Å². The summed E-state index contributed by atoms with van der Waals surface area (Å²) in [7, 11) is 0. The lowest BCUT2D eigenvalue weighted by molar-refractivity contribution is -0.306. The van der Waals surface area contributed by atoms with E-state index in [1.165, 1.54) is 0 Å². The van der Waals surface area contributed by atoms with Crippen molar-refractivity contribution < 1.29 is 54.8 Å². The minimum absolute atomic E-state index is 0.0208. The molecule has 4 fully saturated rings. The van der Waals surface area contributed by atoms with E-state index in [-0.39, 0.29) is 39.0 Å².